The van der Waals surface area contributed by atoms with Gasteiger partial charge in [-0.05, 0) is 43.4 Å². The summed E-state index contributed by atoms with van der Waals surface area (Å²) >= 11 is 0. The fraction of sp³-hybridized carbons (Fsp3) is 0.440. The van der Waals surface area contributed by atoms with Gasteiger partial charge in [-0.2, -0.15) is 0 Å². The molecule has 1 aliphatic heterocycles. The molecule has 2 heterocycles. The second-order valence-corrected chi connectivity index (χ2v) is 9.07. The van der Waals surface area contributed by atoms with Crippen LogP contribution < -0.4 is 27.4 Å². The van der Waals surface area contributed by atoms with Crippen molar-refractivity contribution in [2.45, 2.75) is 57.2 Å². The Balaban J connectivity index is 1.38. The van der Waals surface area contributed by atoms with Crippen LogP contribution in [-0.2, 0) is 20.8 Å². The number of amidine groups is 1. The van der Waals surface area contributed by atoms with Crippen molar-refractivity contribution >= 4 is 34.5 Å². The lowest BCUT2D eigenvalue weighted by molar-refractivity contribution is -0.141. The highest BCUT2D eigenvalue weighted by Crippen LogP contribution is 2.22. The molecule has 0 aliphatic carbocycles. The normalized spacial score (nSPS) is 16.8. The molecular weight excluding hydrogens is 462 g/mol. The van der Waals surface area contributed by atoms with Gasteiger partial charge in [-0.15, -0.1) is 0 Å². The number of aryl methyl sites for hydroxylation is 1. The lowest BCUT2D eigenvalue weighted by Crippen LogP contribution is -2.44. The molecule has 11 nitrogen and oxygen atoms in total. The summed E-state index contributed by atoms with van der Waals surface area (Å²) in [5.74, 6) is -1.77. The van der Waals surface area contributed by atoms with Gasteiger partial charge >= 0.3 is 5.97 Å². The number of para-hydroxylation sites is 1. The van der Waals surface area contributed by atoms with Crippen molar-refractivity contribution in [3.63, 3.8) is 0 Å². The van der Waals surface area contributed by atoms with Crippen LogP contribution in [0.1, 0.15) is 36.9 Å². The minimum absolute atomic E-state index is 0.00812. The molecule has 0 saturated carbocycles. The average Bonchev–Trinajstić information content (AvgIpc) is 3.42. The number of rotatable bonds is 13. The number of hydrogen-bond donors (Lipinski definition) is 8. The number of H-pyrrole nitrogens is 1. The van der Waals surface area contributed by atoms with Gasteiger partial charge in [-0.25, -0.2) is 4.79 Å². The molecule has 0 bridgehead atoms. The summed E-state index contributed by atoms with van der Waals surface area (Å²) < 4.78 is 0. The lowest BCUT2D eigenvalue weighted by atomic mass is 10.0. The van der Waals surface area contributed by atoms with Gasteiger partial charge in [0.2, 0.25) is 11.8 Å². The molecule has 36 heavy (non-hydrogen) atoms. The molecule has 2 amide bonds. The van der Waals surface area contributed by atoms with E-state index in [-0.39, 0.29) is 36.5 Å². The molecule has 3 atom stereocenters. The second kappa shape index (κ2) is 12.3. The number of carboxylic acid groups (broad SMARTS) is 1. The van der Waals surface area contributed by atoms with E-state index in [2.05, 4.69) is 20.9 Å². The third-order valence-corrected chi connectivity index (χ3v) is 6.40. The van der Waals surface area contributed by atoms with Crippen molar-refractivity contribution in [2.75, 3.05) is 13.1 Å². The lowest BCUT2D eigenvalue weighted by Gasteiger charge is -2.18. The first-order valence-corrected chi connectivity index (χ1v) is 12.0. The Bertz CT molecular complexity index is 1160. The van der Waals surface area contributed by atoms with Crippen LogP contribution in [0.15, 0.2) is 35.9 Å². The maximum atomic E-state index is 12.4. The van der Waals surface area contributed by atoms with Crippen LogP contribution >= 0.6 is 0 Å². The fourth-order valence-electron chi connectivity index (χ4n) is 4.38. The summed E-state index contributed by atoms with van der Waals surface area (Å²) in [5, 5.41) is 26.6. The number of fused-ring (bicyclic) bond motifs is 1. The average molecular weight is 498 g/mol. The van der Waals surface area contributed by atoms with E-state index >= 15 is 0 Å². The number of hydrogen-bond acceptors (Lipinski definition) is 6. The number of aromatic amines is 1. The quantitative estimate of drug-likeness (QED) is 0.0848. The number of nitrogens with one attached hydrogen (secondary N) is 5. The number of carbonyl (C=O) groups is 3. The highest BCUT2D eigenvalue weighted by molar-refractivity contribution is 5.88. The highest BCUT2D eigenvalue weighted by Gasteiger charge is 2.25. The van der Waals surface area contributed by atoms with Gasteiger partial charge in [0, 0.05) is 42.5 Å². The van der Waals surface area contributed by atoms with Crippen molar-refractivity contribution in [1.29, 1.82) is 5.41 Å². The largest absolute Gasteiger partial charge is 0.480 e. The van der Waals surface area contributed by atoms with E-state index in [1.54, 1.807) is 0 Å². The van der Waals surface area contributed by atoms with Crippen molar-refractivity contribution in [3.8, 4) is 0 Å². The number of unbranched alkanes of at least 4 members (excludes halogenated alkanes) is 1. The number of carbonyl (C=O) groups excluding carboxylic acids is 2. The van der Waals surface area contributed by atoms with Crippen molar-refractivity contribution < 1.29 is 19.5 Å². The minimum atomic E-state index is -1.10. The zero-order valence-electron chi connectivity index (χ0n) is 20.4. The minimum Gasteiger partial charge on any atom is -0.480 e. The molecule has 2 aromatic rings. The molecule has 3 rings (SSSR count). The Morgan fingerprint density at radius 2 is 1.97 bits per heavy atom. The van der Waals surface area contributed by atoms with E-state index in [0.29, 0.717) is 32.4 Å². The standard InChI is InChI=1S/C25H35N7O4/c1-14-16-6-2-3-7-18(16)31-19(14)13-20(25(35)36)32-21(33)8-4-5-10-30-24(34)17(26)12-15-9-11-29-22(15)23(27)28/h2-3,6-7,9,17,20,22,29,31H,4-5,8,10-13,26H2,1H3,(H3,27,28)(H,30,34)(H,32,33)(H,35,36). The topological polar surface area (TPSA) is 199 Å². The number of aliphatic carboxylic acids is 1. The second-order valence-electron chi connectivity index (χ2n) is 9.07. The molecule has 0 saturated heterocycles. The van der Waals surface area contributed by atoms with Crippen LogP contribution in [0.3, 0.4) is 0 Å². The first-order chi connectivity index (χ1) is 17.2. The molecule has 3 unspecified atom stereocenters. The summed E-state index contributed by atoms with van der Waals surface area (Å²) in [4.78, 5) is 39.6. The van der Waals surface area contributed by atoms with Crippen LogP contribution in [0.5, 0.6) is 0 Å². The summed E-state index contributed by atoms with van der Waals surface area (Å²) in [6, 6.07) is 5.55. The van der Waals surface area contributed by atoms with Crippen LogP contribution in [0, 0.1) is 12.3 Å². The van der Waals surface area contributed by atoms with Gasteiger partial charge in [0.05, 0.1) is 12.1 Å². The Hall–Kier alpha value is -3.70. The highest BCUT2D eigenvalue weighted by atomic mass is 16.4. The zero-order chi connectivity index (χ0) is 26.2. The van der Waals surface area contributed by atoms with E-state index in [9.17, 15) is 19.5 Å². The molecule has 1 aromatic heterocycles. The Morgan fingerprint density at radius 3 is 2.67 bits per heavy atom. The summed E-state index contributed by atoms with van der Waals surface area (Å²) in [6.45, 7) is 2.86. The number of aromatic nitrogens is 1. The predicted octanol–water partition coefficient (Wildman–Crippen LogP) is 0.426. The van der Waals surface area contributed by atoms with Crippen LogP contribution in [0.4, 0.5) is 0 Å². The maximum Gasteiger partial charge on any atom is 0.326 e. The fourth-order valence-corrected chi connectivity index (χ4v) is 4.38. The predicted molar refractivity (Wildman–Crippen MR) is 138 cm³/mol. The summed E-state index contributed by atoms with van der Waals surface area (Å²) in [5.41, 5.74) is 15.1. The molecule has 1 aliphatic rings. The molecule has 194 valence electrons. The Labute approximate surface area is 209 Å². The van der Waals surface area contributed by atoms with Crippen molar-refractivity contribution in [2.24, 2.45) is 11.5 Å². The molecule has 10 N–H and O–H groups in total. The summed E-state index contributed by atoms with van der Waals surface area (Å²) in [6.07, 6.45) is 3.54. The number of amides is 2. The van der Waals surface area contributed by atoms with E-state index in [1.165, 1.54) is 0 Å². The number of carboxylic acids is 1. The Kier molecular flexibility index (Phi) is 9.20. The van der Waals surface area contributed by atoms with Crippen molar-refractivity contribution in [3.05, 3.63) is 47.2 Å². The van der Waals surface area contributed by atoms with Crippen LogP contribution in [-0.4, -0.2) is 64.9 Å². The number of benzene rings is 1. The molecule has 1 aromatic carbocycles. The molecule has 0 radical (unpaired) electrons. The van der Waals surface area contributed by atoms with Gasteiger partial charge in [-0.1, -0.05) is 24.3 Å². The van der Waals surface area contributed by atoms with Crippen LogP contribution in [0.25, 0.3) is 10.9 Å². The number of nitrogens with two attached hydrogens (primary N) is 2. The van der Waals surface area contributed by atoms with Crippen LogP contribution in [0.2, 0.25) is 0 Å². The van der Waals surface area contributed by atoms with E-state index in [0.717, 1.165) is 27.7 Å². The SMILES string of the molecule is Cc1c(CC(NC(=O)CCCCNC(=O)C(N)CC2=CCNC2C(=N)N)C(=O)O)[nH]c2ccccc12. The Morgan fingerprint density at radius 1 is 1.22 bits per heavy atom. The molecular formula is C25H35N7O4. The summed E-state index contributed by atoms with van der Waals surface area (Å²) in [7, 11) is 0. The smallest absolute Gasteiger partial charge is 0.326 e. The maximum absolute atomic E-state index is 12.4. The van der Waals surface area contributed by atoms with Gasteiger partial charge in [0.25, 0.3) is 0 Å². The third-order valence-electron chi connectivity index (χ3n) is 6.40. The monoisotopic (exact) mass is 497 g/mol. The van der Waals surface area contributed by atoms with E-state index in [1.807, 2.05) is 37.3 Å². The molecule has 0 spiro atoms. The molecule has 11 heteroatoms. The third kappa shape index (κ3) is 6.92. The van der Waals surface area contributed by atoms with E-state index < -0.39 is 18.1 Å². The van der Waals surface area contributed by atoms with Gasteiger partial charge in [0.1, 0.15) is 11.9 Å². The first-order valence-electron chi connectivity index (χ1n) is 12.0. The zero-order valence-corrected chi connectivity index (χ0v) is 20.4. The van der Waals surface area contributed by atoms with Gasteiger partial charge in [-0.3, -0.25) is 15.0 Å². The molecule has 0 fully saturated rings. The van der Waals surface area contributed by atoms with Gasteiger partial charge in [0.15, 0.2) is 0 Å². The van der Waals surface area contributed by atoms with E-state index in [4.69, 9.17) is 16.9 Å². The van der Waals surface area contributed by atoms with Gasteiger partial charge < -0.3 is 37.5 Å². The van der Waals surface area contributed by atoms with Crippen molar-refractivity contribution in [1.82, 2.24) is 20.9 Å². The first kappa shape index (κ1) is 26.9.